The second kappa shape index (κ2) is 4.14. The molecule has 0 radical (unpaired) electrons. The van der Waals surface area contributed by atoms with Crippen LogP contribution >= 0.6 is 15.9 Å². The zero-order valence-electron chi connectivity index (χ0n) is 14.8. The van der Waals surface area contributed by atoms with Crippen LogP contribution in [0.25, 0.3) is 21.9 Å². The first kappa shape index (κ1) is 14.7. The number of hydrogen-bond acceptors (Lipinski definition) is 0. The van der Waals surface area contributed by atoms with Crippen LogP contribution in [-0.2, 0) is 10.8 Å². The number of halogens is 1. The van der Waals surface area contributed by atoms with Crippen LogP contribution in [0.1, 0.15) is 55.5 Å². The highest BCUT2D eigenvalue weighted by Crippen LogP contribution is 2.60. The first-order valence-electron chi connectivity index (χ1n) is 8.67. The highest BCUT2D eigenvalue weighted by atomic mass is 79.9. The largest absolute Gasteiger partial charge is 0.0613 e. The molecule has 0 saturated heterocycles. The fourth-order valence-corrected chi connectivity index (χ4v) is 5.53. The summed E-state index contributed by atoms with van der Waals surface area (Å²) in [6.45, 7) is 11.8. The van der Waals surface area contributed by atoms with E-state index in [2.05, 4.69) is 86.9 Å². The van der Waals surface area contributed by atoms with Crippen molar-refractivity contribution in [3.8, 4) is 11.1 Å². The molecule has 24 heavy (non-hydrogen) atoms. The van der Waals surface area contributed by atoms with Gasteiger partial charge in [0.25, 0.3) is 0 Å². The Morgan fingerprint density at radius 3 is 2.00 bits per heavy atom. The summed E-state index contributed by atoms with van der Waals surface area (Å²) in [6, 6.07) is 14.0. The van der Waals surface area contributed by atoms with Gasteiger partial charge in [0.2, 0.25) is 0 Å². The number of rotatable bonds is 0. The molecule has 1 heteroatoms. The lowest BCUT2D eigenvalue weighted by atomic mass is 9.68. The van der Waals surface area contributed by atoms with Gasteiger partial charge in [0.1, 0.15) is 0 Å². The van der Waals surface area contributed by atoms with Gasteiger partial charge in [0.15, 0.2) is 0 Å². The highest BCUT2D eigenvalue weighted by molar-refractivity contribution is 9.10. The Labute approximate surface area is 152 Å². The van der Waals surface area contributed by atoms with E-state index in [1.807, 2.05) is 0 Å². The Hall–Kier alpha value is -1.60. The Balaban J connectivity index is 2.16. The fourth-order valence-electron chi connectivity index (χ4n) is 5.08. The molecule has 0 saturated carbocycles. The predicted octanol–water partition coefficient (Wildman–Crippen LogP) is 6.86. The number of benzene rings is 3. The van der Waals surface area contributed by atoms with Gasteiger partial charge in [-0.1, -0.05) is 67.9 Å². The molecule has 0 spiro atoms. The normalized spacial score (nSPS) is 18.2. The zero-order valence-corrected chi connectivity index (χ0v) is 16.4. The van der Waals surface area contributed by atoms with Gasteiger partial charge in [-0.15, -0.1) is 0 Å². The van der Waals surface area contributed by atoms with Crippen LogP contribution in [0.4, 0.5) is 0 Å². The van der Waals surface area contributed by atoms with Crippen LogP contribution in [0.2, 0.25) is 0 Å². The van der Waals surface area contributed by atoms with Gasteiger partial charge < -0.3 is 0 Å². The van der Waals surface area contributed by atoms with Gasteiger partial charge >= 0.3 is 0 Å². The third kappa shape index (κ3) is 1.46. The van der Waals surface area contributed by atoms with Gasteiger partial charge in [-0.25, -0.2) is 0 Å². The Bertz CT molecular complexity index is 1070. The minimum atomic E-state index is 0.0197. The lowest BCUT2D eigenvalue weighted by Gasteiger charge is -2.35. The smallest absolute Gasteiger partial charge is 0.0181 e. The van der Waals surface area contributed by atoms with Gasteiger partial charge in [-0.3, -0.25) is 0 Å². The van der Waals surface area contributed by atoms with E-state index in [4.69, 9.17) is 0 Å². The molecular formula is C23H21Br. The monoisotopic (exact) mass is 376 g/mol. The number of hydrogen-bond donors (Lipinski definition) is 0. The minimum Gasteiger partial charge on any atom is -0.0613 e. The molecule has 0 nitrogen and oxygen atoms in total. The first-order chi connectivity index (χ1) is 11.2. The summed E-state index contributed by atoms with van der Waals surface area (Å²) in [6.07, 6.45) is 0. The van der Waals surface area contributed by atoms with Crippen molar-refractivity contribution in [2.75, 3.05) is 0 Å². The average Bonchev–Trinajstić information content (AvgIpc) is 2.74. The topological polar surface area (TPSA) is 0 Å². The van der Waals surface area contributed by atoms with E-state index >= 15 is 0 Å². The van der Waals surface area contributed by atoms with Crippen molar-refractivity contribution in [2.45, 2.75) is 45.4 Å². The van der Waals surface area contributed by atoms with E-state index in [1.165, 1.54) is 54.2 Å². The molecule has 3 aromatic rings. The van der Waals surface area contributed by atoms with E-state index < -0.39 is 0 Å². The van der Waals surface area contributed by atoms with Crippen LogP contribution in [0, 0.1) is 6.92 Å². The highest BCUT2D eigenvalue weighted by Gasteiger charge is 2.44. The molecule has 0 aliphatic heterocycles. The van der Waals surface area contributed by atoms with Gasteiger partial charge in [-0.05, 0) is 68.8 Å². The van der Waals surface area contributed by atoms with Crippen molar-refractivity contribution < 1.29 is 0 Å². The van der Waals surface area contributed by atoms with Crippen LogP contribution in [-0.4, -0.2) is 0 Å². The van der Waals surface area contributed by atoms with E-state index in [-0.39, 0.29) is 10.8 Å². The van der Waals surface area contributed by atoms with Crippen molar-refractivity contribution >= 4 is 26.7 Å². The second-order valence-electron chi connectivity index (χ2n) is 8.47. The third-order valence-corrected chi connectivity index (χ3v) is 6.87. The molecule has 0 aromatic heterocycles. The molecule has 2 aliphatic carbocycles. The summed E-state index contributed by atoms with van der Waals surface area (Å²) in [5.41, 5.74) is 10.3. The summed E-state index contributed by atoms with van der Waals surface area (Å²) >= 11 is 3.78. The lowest BCUT2D eigenvalue weighted by molar-refractivity contribution is 0.638. The molecule has 0 fully saturated rings. The number of aryl methyl sites for hydroxylation is 1. The van der Waals surface area contributed by atoms with Gasteiger partial charge in [0, 0.05) is 15.3 Å². The van der Waals surface area contributed by atoms with Gasteiger partial charge in [-0.2, -0.15) is 0 Å². The summed E-state index contributed by atoms with van der Waals surface area (Å²) in [7, 11) is 0. The Kier molecular flexibility index (Phi) is 2.54. The molecule has 0 unspecified atom stereocenters. The standard InChI is InChI=1S/C23H21Br/c1-12-9-16-21-19-14(12)7-6-8-15(19)22(2,3)17-10-13(24)11-18(20(17)21)23(16,4)5/h6-11H,1-5H3. The molecule has 2 aliphatic rings. The van der Waals surface area contributed by atoms with E-state index in [1.54, 1.807) is 0 Å². The van der Waals surface area contributed by atoms with Crippen molar-refractivity contribution in [3.63, 3.8) is 0 Å². The molecule has 3 aromatic carbocycles. The SMILES string of the molecule is Cc1cc2c3c4c(cccc14)C(C)(C)c1cc(Br)cc(c1-3)C2(C)C. The molecule has 0 heterocycles. The van der Waals surface area contributed by atoms with Crippen molar-refractivity contribution in [1.82, 2.24) is 0 Å². The molecule has 120 valence electrons. The van der Waals surface area contributed by atoms with E-state index in [0.717, 1.165) is 0 Å². The molecule has 0 atom stereocenters. The van der Waals surface area contributed by atoms with Crippen LogP contribution in [0.15, 0.2) is 40.9 Å². The van der Waals surface area contributed by atoms with E-state index in [9.17, 15) is 0 Å². The Morgan fingerprint density at radius 2 is 1.33 bits per heavy atom. The summed E-state index contributed by atoms with van der Waals surface area (Å²) < 4.78 is 1.19. The molecule has 0 N–H and O–H groups in total. The van der Waals surface area contributed by atoms with Crippen molar-refractivity contribution in [1.29, 1.82) is 0 Å². The molecule has 0 amide bonds. The van der Waals surface area contributed by atoms with Crippen molar-refractivity contribution in [3.05, 3.63) is 68.7 Å². The third-order valence-electron chi connectivity index (χ3n) is 6.42. The second-order valence-corrected chi connectivity index (χ2v) is 9.39. The Morgan fingerprint density at radius 1 is 0.750 bits per heavy atom. The van der Waals surface area contributed by atoms with Crippen LogP contribution in [0.5, 0.6) is 0 Å². The maximum atomic E-state index is 3.78. The fraction of sp³-hybridized carbons (Fsp3) is 0.304. The van der Waals surface area contributed by atoms with Gasteiger partial charge in [0.05, 0.1) is 0 Å². The summed E-state index contributed by atoms with van der Waals surface area (Å²) in [5.74, 6) is 0. The van der Waals surface area contributed by atoms with E-state index in [0.29, 0.717) is 0 Å². The van der Waals surface area contributed by atoms with Crippen LogP contribution < -0.4 is 0 Å². The zero-order chi connectivity index (χ0) is 17.0. The van der Waals surface area contributed by atoms with Crippen molar-refractivity contribution in [2.24, 2.45) is 0 Å². The molecule has 0 bridgehead atoms. The minimum absolute atomic E-state index is 0.0197. The van der Waals surface area contributed by atoms with Crippen LogP contribution in [0.3, 0.4) is 0 Å². The summed E-state index contributed by atoms with van der Waals surface area (Å²) in [5, 5.41) is 2.90. The average molecular weight is 377 g/mol. The maximum Gasteiger partial charge on any atom is 0.0181 e. The predicted molar refractivity (Wildman–Crippen MR) is 106 cm³/mol. The summed E-state index contributed by atoms with van der Waals surface area (Å²) in [4.78, 5) is 0. The first-order valence-corrected chi connectivity index (χ1v) is 9.46. The quantitative estimate of drug-likeness (QED) is 0.402. The molecular weight excluding hydrogens is 356 g/mol. The molecule has 5 rings (SSSR count). The lowest BCUT2D eigenvalue weighted by Crippen LogP contribution is -2.24. The maximum absolute atomic E-state index is 3.78.